The second-order valence-corrected chi connectivity index (χ2v) is 9.69. The van der Waals surface area contributed by atoms with Crippen molar-refractivity contribution >= 4 is 17.4 Å². The van der Waals surface area contributed by atoms with Crippen LogP contribution in [0.25, 0.3) is 0 Å². The van der Waals surface area contributed by atoms with Gasteiger partial charge < -0.3 is 9.47 Å². The zero-order valence-corrected chi connectivity index (χ0v) is 18.5. The fraction of sp³-hybridized carbons (Fsp3) is 0.385. The highest BCUT2D eigenvalue weighted by molar-refractivity contribution is 6.08. The van der Waals surface area contributed by atoms with Crippen LogP contribution in [0.2, 0.25) is 0 Å². The second-order valence-electron chi connectivity index (χ2n) is 9.69. The summed E-state index contributed by atoms with van der Waals surface area (Å²) in [7, 11) is 0. The summed E-state index contributed by atoms with van der Waals surface area (Å²) in [6, 6.07) is 11.9. The van der Waals surface area contributed by atoms with Crippen LogP contribution in [0.3, 0.4) is 0 Å². The van der Waals surface area contributed by atoms with Crippen LogP contribution in [0.1, 0.15) is 55.7 Å². The molecule has 0 saturated carbocycles. The fourth-order valence-corrected chi connectivity index (χ4v) is 5.07. The number of carbonyl (C=O) groups excluding carboxylic acids is 2. The van der Waals surface area contributed by atoms with E-state index >= 15 is 0 Å². The zero-order valence-electron chi connectivity index (χ0n) is 18.5. The highest BCUT2D eigenvalue weighted by atomic mass is 16.7. The molecular formula is C26H27NO4. The molecule has 0 spiro atoms. The highest BCUT2D eigenvalue weighted by Crippen LogP contribution is 2.49. The lowest BCUT2D eigenvalue weighted by Crippen LogP contribution is -2.44. The van der Waals surface area contributed by atoms with Gasteiger partial charge in [-0.1, -0.05) is 32.0 Å². The Kier molecular flexibility index (Phi) is 4.47. The molecule has 3 aliphatic rings. The number of ether oxygens (including phenoxy) is 2. The molecule has 0 saturated heterocycles. The van der Waals surface area contributed by atoms with E-state index in [4.69, 9.17) is 9.47 Å². The number of benzene rings is 2. The van der Waals surface area contributed by atoms with Gasteiger partial charge in [-0.2, -0.15) is 0 Å². The van der Waals surface area contributed by atoms with Crippen molar-refractivity contribution in [1.82, 2.24) is 0 Å². The molecule has 0 bridgehead atoms. The Morgan fingerprint density at radius 3 is 2.55 bits per heavy atom. The first-order chi connectivity index (χ1) is 14.7. The van der Waals surface area contributed by atoms with Crippen molar-refractivity contribution in [3.63, 3.8) is 0 Å². The lowest BCUT2D eigenvalue weighted by molar-refractivity contribution is -0.121. The third-order valence-electron chi connectivity index (χ3n) is 6.55. The molecule has 0 aromatic heterocycles. The van der Waals surface area contributed by atoms with Crippen molar-refractivity contribution in [3.05, 3.63) is 64.4 Å². The van der Waals surface area contributed by atoms with Gasteiger partial charge in [0.15, 0.2) is 17.3 Å². The lowest BCUT2D eigenvalue weighted by Gasteiger charge is -2.43. The number of allylic oxidation sites excluding steroid dienone is 2. The van der Waals surface area contributed by atoms with Gasteiger partial charge in [0.25, 0.3) is 0 Å². The van der Waals surface area contributed by atoms with E-state index in [0.29, 0.717) is 24.3 Å². The predicted octanol–water partition coefficient (Wildman–Crippen LogP) is 5.20. The summed E-state index contributed by atoms with van der Waals surface area (Å²) >= 11 is 0. The fourth-order valence-electron chi connectivity index (χ4n) is 5.07. The quantitative estimate of drug-likeness (QED) is 0.674. The molecule has 2 heterocycles. The summed E-state index contributed by atoms with van der Waals surface area (Å²) in [4.78, 5) is 28.8. The number of rotatable bonds is 2. The molecule has 5 rings (SSSR count). The summed E-state index contributed by atoms with van der Waals surface area (Å²) in [5.41, 5.74) is 5.37. The van der Waals surface area contributed by atoms with Gasteiger partial charge in [-0.3, -0.25) is 14.5 Å². The lowest BCUT2D eigenvalue weighted by atomic mass is 9.69. The number of aryl methyl sites for hydroxylation is 2. The zero-order chi connectivity index (χ0) is 21.9. The largest absolute Gasteiger partial charge is 0.454 e. The first kappa shape index (κ1) is 19.9. The Hall–Kier alpha value is -3.08. The van der Waals surface area contributed by atoms with Crippen LogP contribution in [0.15, 0.2) is 47.7 Å². The van der Waals surface area contributed by atoms with E-state index in [0.717, 1.165) is 33.6 Å². The van der Waals surface area contributed by atoms with E-state index in [-0.39, 0.29) is 36.2 Å². The van der Waals surface area contributed by atoms with Crippen molar-refractivity contribution in [2.75, 3.05) is 11.7 Å². The second kappa shape index (κ2) is 6.98. The third-order valence-corrected chi connectivity index (χ3v) is 6.55. The molecule has 2 aromatic rings. The van der Waals surface area contributed by atoms with Crippen LogP contribution in [0, 0.1) is 19.3 Å². The molecule has 0 fully saturated rings. The number of carbonyl (C=O) groups is 2. The monoisotopic (exact) mass is 417 g/mol. The summed E-state index contributed by atoms with van der Waals surface area (Å²) in [5, 5.41) is 0. The average Bonchev–Trinajstić information content (AvgIpc) is 3.16. The van der Waals surface area contributed by atoms with Crippen LogP contribution in [-0.2, 0) is 9.59 Å². The van der Waals surface area contributed by atoms with E-state index in [9.17, 15) is 9.59 Å². The first-order valence-electron chi connectivity index (χ1n) is 10.8. The Morgan fingerprint density at radius 2 is 1.74 bits per heavy atom. The molecule has 1 unspecified atom stereocenters. The Labute approximate surface area is 182 Å². The predicted molar refractivity (Wildman–Crippen MR) is 118 cm³/mol. The maximum absolute atomic E-state index is 13.6. The minimum absolute atomic E-state index is 0.0283. The number of fused-ring (bicyclic) bond motifs is 1. The number of amides is 1. The molecule has 0 N–H and O–H groups in total. The number of Topliss-reactive ketones (excluding diaryl/α,β-unsaturated/α-hetero) is 1. The molecule has 1 aliphatic carbocycles. The summed E-state index contributed by atoms with van der Waals surface area (Å²) in [6.45, 7) is 8.44. The van der Waals surface area contributed by atoms with E-state index < -0.39 is 0 Å². The molecule has 160 valence electrons. The van der Waals surface area contributed by atoms with Gasteiger partial charge in [0.1, 0.15) is 0 Å². The Balaban J connectivity index is 1.69. The van der Waals surface area contributed by atoms with E-state index in [1.54, 1.807) is 0 Å². The van der Waals surface area contributed by atoms with Crippen LogP contribution >= 0.6 is 0 Å². The van der Waals surface area contributed by atoms with Crippen molar-refractivity contribution in [3.8, 4) is 11.5 Å². The average molecular weight is 418 g/mol. The van der Waals surface area contributed by atoms with Crippen molar-refractivity contribution in [2.45, 2.75) is 52.9 Å². The molecule has 2 aliphatic heterocycles. The Bertz CT molecular complexity index is 1140. The smallest absolute Gasteiger partial charge is 0.232 e. The van der Waals surface area contributed by atoms with Crippen LogP contribution < -0.4 is 14.4 Å². The van der Waals surface area contributed by atoms with Crippen LogP contribution in [0.5, 0.6) is 11.5 Å². The van der Waals surface area contributed by atoms with Gasteiger partial charge in [0.2, 0.25) is 12.7 Å². The molecular weight excluding hydrogens is 390 g/mol. The molecule has 5 nitrogen and oxygen atoms in total. The summed E-state index contributed by atoms with van der Waals surface area (Å²) in [5.74, 6) is 1.28. The molecule has 1 atom stereocenters. The standard InChI is InChI=1S/C26H27NO4/c1-15-5-6-16(2)19(9-15)27-20-12-26(3,4)13-21(28)25(20)18(11-24(27)29)17-7-8-22-23(10-17)31-14-30-22/h5-10,18H,11-14H2,1-4H3. The van der Waals surface area contributed by atoms with Gasteiger partial charge in [-0.05, 0) is 60.6 Å². The van der Waals surface area contributed by atoms with Gasteiger partial charge in [0, 0.05) is 30.0 Å². The summed E-state index contributed by atoms with van der Waals surface area (Å²) in [6.07, 6.45) is 1.44. The first-order valence-corrected chi connectivity index (χ1v) is 10.8. The van der Waals surface area contributed by atoms with Gasteiger partial charge >= 0.3 is 0 Å². The number of nitrogens with zero attached hydrogens (tertiary/aromatic N) is 1. The Morgan fingerprint density at radius 1 is 0.968 bits per heavy atom. The van der Waals surface area contributed by atoms with E-state index in [2.05, 4.69) is 13.8 Å². The third kappa shape index (κ3) is 3.32. The van der Waals surface area contributed by atoms with Crippen LogP contribution in [-0.4, -0.2) is 18.5 Å². The number of anilines is 1. The molecule has 1 amide bonds. The number of ketones is 1. The van der Waals surface area contributed by atoms with Crippen molar-refractivity contribution < 1.29 is 19.1 Å². The topological polar surface area (TPSA) is 55.8 Å². The minimum atomic E-state index is -0.262. The van der Waals surface area contributed by atoms with E-state index in [1.165, 1.54) is 0 Å². The SMILES string of the molecule is Cc1ccc(C)c(N2C(=O)CC(c3ccc4c(c3)OCO4)C3=C2CC(C)(C)CC3=O)c1. The normalized spacial score (nSPS) is 22.1. The highest BCUT2D eigenvalue weighted by Gasteiger charge is 2.44. The number of hydrogen-bond acceptors (Lipinski definition) is 4. The van der Waals surface area contributed by atoms with E-state index in [1.807, 2.05) is 55.1 Å². The number of hydrogen-bond donors (Lipinski definition) is 0. The minimum Gasteiger partial charge on any atom is -0.454 e. The summed E-state index contributed by atoms with van der Waals surface area (Å²) < 4.78 is 11.0. The van der Waals surface area contributed by atoms with Gasteiger partial charge in [-0.25, -0.2) is 0 Å². The molecule has 0 radical (unpaired) electrons. The van der Waals surface area contributed by atoms with Crippen molar-refractivity contribution in [1.29, 1.82) is 0 Å². The maximum atomic E-state index is 13.6. The van der Waals surface area contributed by atoms with Crippen molar-refractivity contribution in [2.24, 2.45) is 5.41 Å². The van der Waals surface area contributed by atoms with Crippen LogP contribution in [0.4, 0.5) is 5.69 Å². The molecule has 31 heavy (non-hydrogen) atoms. The molecule has 5 heteroatoms. The van der Waals surface area contributed by atoms with Gasteiger partial charge in [-0.15, -0.1) is 0 Å². The maximum Gasteiger partial charge on any atom is 0.232 e. The molecule has 2 aromatic carbocycles. The van der Waals surface area contributed by atoms with Gasteiger partial charge in [0.05, 0.1) is 5.69 Å².